The molecule has 0 aliphatic carbocycles. The maximum Gasteiger partial charge on any atom is 0.143 e. The largest absolute Gasteiger partial charge is 0.313 e. The van der Waals surface area contributed by atoms with Gasteiger partial charge in [0, 0.05) is 24.0 Å². The molecule has 0 fully saturated rings. The summed E-state index contributed by atoms with van der Waals surface area (Å²) in [7, 11) is 1.76. The van der Waals surface area contributed by atoms with Gasteiger partial charge in [0.05, 0.1) is 4.47 Å². The maximum absolute atomic E-state index is 13.9. The van der Waals surface area contributed by atoms with E-state index in [1.807, 2.05) is 6.07 Å². The van der Waals surface area contributed by atoms with Crippen molar-refractivity contribution in [1.82, 2.24) is 10.3 Å². The van der Waals surface area contributed by atoms with E-state index >= 15 is 0 Å². The van der Waals surface area contributed by atoms with E-state index in [0.29, 0.717) is 0 Å². The summed E-state index contributed by atoms with van der Waals surface area (Å²) in [5, 5.41) is 3.05. The van der Waals surface area contributed by atoms with Crippen molar-refractivity contribution >= 4 is 15.9 Å². The normalized spacial score (nSPS) is 12.4. The van der Waals surface area contributed by atoms with Gasteiger partial charge in [0.1, 0.15) is 11.6 Å². The van der Waals surface area contributed by atoms with Gasteiger partial charge in [-0.25, -0.2) is 8.78 Å². The summed E-state index contributed by atoms with van der Waals surface area (Å²) in [5.41, 5.74) is 0.960. The molecule has 1 aromatic heterocycles. The average molecular weight is 327 g/mol. The zero-order valence-corrected chi connectivity index (χ0v) is 11.9. The minimum Gasteiger partial charge on any atom is -0.313 e. The molecule has 2 rings (SSSR count). The number of likely N-dealkylation sites (N-methyl/N-ethyl adjacent to an activating group) is 1. The summed E-state index contributed by atoms with van der Waals surface area (Å²) in [6, 6.07) is 6.12. The summed E-state index contributed by atoms with van der Waals surface area (Å²) in [6.07, 6.45) is 3.57. The Morgan fingerprint density at radius 1 is 1.32 bits per heavy atom. The van der Waals surface area contributed by atoms with Gasteiger partial charge in [-0.1, -0.05) is 6.07 Å². The van der Waals surface area contributed by atoms with Gasteiger partial charge in [0.25, 0.3) is 0 Å². The highest BCUT2D eigenvalue weighted by Gasteiger charge is 2.18. The van der Waals surface area contributed by atoms with E-state index < -0.39 is 11.6 Å². The molecule has 1 N–H and O–H groups in total. The number of rotatable bonds is 4. The lowest BCUT2D eigenvalue weighted by Crippen LogP contribution is -2.20. The first kappa shape index (κ1) is 14.1. The quantitative estimate of drug-likeness (QED) is 0.868. The van der Waals surface area contributed by atoms with E-state index in [9.17, 15) is 8.78 Å². The van der Waals surface area contributed by atoms with Gasteiger partial charge in [-0.05, 0) is 53.2 Å². The molecule has 1 atom stereocenters. The third-order valence-corrected chi connectivity index (χ3v) is 3.59. The lowest BCUT2D eigenvalue weighted by Gasteiger charge is -2.17. The first-order valence-electron chi connectivity index (χ1n) is 5.83. The maximum atomic E-state index is 13.9. The molecule has 5 heteroatoms. The van der Waals surface area contributed by atoms with Crippen LogP contribution in [0.3, 0.4) is 0 Å². The summed E-state index contributed by atoms with van der Waals surface area (Å²) in [6.45, 7) is 0. The van der Waals surface area contributed by atoms with E-state index in [-0.39, 0.29) is 22.5 Å². The Morgan fingerprint density at radius 3 is 2.74 bits per heavy atom. The van der Waals surface area contributed by atoms with E-state index in [2.05, 4.69) is 26.2 Å². The molecule has 19 heavy (non-hydrogen) atoms. The molecule has 2 nitrogen and oxygen atoms in total. The molecule has 1 unspecified atom stereocenters. The van der Waals surface area contributed by atoms with Crippen LogP contribution in [-0.2, 0) is 6.42 Å². The predicted molar refractivity (Wildman–Crippen MR) is 73.8 cm³/mol. The predicted octanol–water partition coefficient (Wildman–Crippen LogP) is 3.63. The number of pyridine rings is 1. The van der Waals surface area contributed by atoms with Gasteiger partial charge in [-0.2, -0.15) is 0 Å². The molecule has 2 aromatic rings. The van der Waals surface area contributed by atoms with Crippen LogP contribution in [0, 0.1) is 11.6 Å². The second-order valence-electron chi connectivity index (χ2n) is 4.15. The van der Waals surface area contributed by atoms with Crippen LogP contribution in [-0.4, -0.2) is 12.0 Å². The highest BCUT2D eigenvalue weighted by atomic mass is 79.9. The van der Waals surface area contributed by atoms with E-state index in [0.717, 1.165) is 5.56 Å². The Bertz CT molecular complexity index is 561. The molecule has 0 aliphatic rings. The smallest absolute Gasteiger partial charge is 0.143 e. The Balaban J connectivity index is 2.32. The fourth-order valence-corrected chi connectivity index (χ4v) is 2.30. The molecule has 0 spiro atoms. The van der Waals surface area contributed by atoms with E-state index in [4.69, 9.17) is 0 Å². The summed E-state index contributed by atoms with van der Waals surface area (Å²) in [5.74, 6) is -1.09. The van der Waals surface area contributed by atoms with Crippen molar-refractivity contribution < 1.29 is 8.78 Å². The second-order valence-corrected chi connectivity index (χ2v) is 5.01. The van der Waals surface area contributed by atoms with Crippen LogP contribution in [0.1, 0.15) is 17.2 Å². The van der Waals surface area contributed by atoms with Crippen molar-refractivity contribution in [1.29, 1.82) is 0 Å². The molecule has 100 valence electrons. The SMILES string of the molecule is CNC(Cc1c(F)ccc(Br)c1F)c1cccnc1. The van der Waals surface area contributed by atoms with Crippen molar-refractivity contribution in [2.45, 2.75) is 12.5 Å². The van der Waals surface area contributed by atoms with Gasteiger partial charge < -0.3 is 5.32 Å². The first-order chi connectivity index (χ1) is 9.13. The molecule has 0 amide bonds. The Hall–Kier alpha value is -1.33. The molecule has 0 radical (unpaired) electrons. The van der Waals surface area contributed by atoms with Crippen LogP contribution >= 0.6 is 15.9 Å². The molecule has 1 heterocycles. The van der Waals surface area contributed by atoms with Gasteiger partial charge in [0.2, 0.25) is 0 Å². The van der Waals surface area contributed by atoms with Crippen molar-refractivity contribution in [3.05, 3.63) is 63.9 Å². The van der Waals surface area contributed by atoms with Crippen molar-refractivity contribution in [2.24, 2.45) is 0 Å². The molecule has 0 aliphatic heterocycles. The van der Waals surface area contributed by atoms with Gasteiger partial charge >= 0.3 is 0 Å². The van der Waals surface area contributed by atoms with Crippen LogP contribution in [0.15, 0.2) is 41.1 Å². The molecular weight excluding hydrogens is 314 g/mol. The number of nitrogens with zero attached hydrogens (tertiary/aromatic N) is 1. The summed E-state index contributed by atoms with van der Waals surface area (Å²) in [4.78, 5) is 4.02. The monoisotopic (exact) mass is 326 g/mol. The number of halogens is 3. The van der Waals surface area contributed by atoms with Crippen molar-refractivity contribution in [3.63, 3.8) is 0 Å². The fraction of sp³-hybridized carbons (Fsp3) is 0.214. The number of benzene rings is 1. The number of hydrogen-bond donors (Lipinski definition) is 1. The first-order valence-corrected chi connectivity index (χ1v) is 6.62. The number of aromatic nitrogens is 1. The van der Waals surface area contributed by atoms with Gasteiger partial charge in [-0.15, -0.1) is 0 Å². The van der Waals surface area contributed by atoms with Crippen LogP contribution in [0.25, 0.3) is 0 Å². The summed E-state index contributed by atoms with van der Waals surface area (Å²) < 4.78 is 28.0. The van der Waals surface area contributed by atoms with Crippen LogP contribution in [0.4, 0.5) is 8.78 Å². The standard InChI is InChI=1S/C14H13BrF2N2/c1-18-13(9-3-2-6-19-8-9)7-10-12(16)5-4-11(15)14(10)17/h2-6,8,13,18H,7H2,1H3. The van der Waals surface area contributed by atoms with Gasteiger partial charge in [0.15, 0.2) is 0 Å². The molecule has 1 aromatic carbocycles. The van der Waals surface area contributed by atoms with Crippen molar-refractivity contribution in [2.75, 3.05) is 7.05 Å². The van der Waals surface area contributed by atoms with Crippen LogP contribution in [0.5, 0.6) is 0 Å². The van der Waals surface area contributed by atoms with Gasteiger partial charge in [-0.3, -0.25) is 4.98 Å². The zero-order valence-electron chi connectivity index (χ0n) is 10.3. The van der Waals surface area contributed by atoms with Crippen molar-refractivity contribution in [3.8, 4) is 0 Å². The zero-order chi connectivity index (χ0) is 13.8. The minimum absolute atomic E-state index is 0.0672. The van der Waals surface area contributed by atoms with E-state index in [1.165, 1.54) is 12.1 Å². The second kappa shape index (κ2) is 6.21. The molecule has 0 saturated carbocycles. The number of hydrogen-bond acceptors (Lipinski definition) is 2. The molecule has 0 saturated heterocycles. The third-order valence-electron chi connectivity index (χ3n) is 2.98. The minimum atomic E-state index is -0.552. The Labute approximate surface area is 119 Å². The lowest BCUT2D eigenvalue weighted by molar-refractivity contribution is 0.512. The Kier molecular flexibility index (Phi) is 4.61. The average Bonchev–Trinajstić information content (AvgIpc) is 2.44. The third kappa shape index (κ3) is 3.16. The topological polar surface area (TPSA) is 24.9 Å². The summed E-state index contributed by atoms with van der Waals surface area (Å²) >= 11 is 3.07. The molecule has 0 bridgehead atoms. The highest BCUT2D eigenvalue weighted by molar-refractivity contribution is 9.10. The molecular formula is C14H13BrF2N2. The van der Waals surface area contributed by atoms with Crippen LogP contribution < -0.4 is 5.32 Å². The van der Waals surface area contributed by atoms with E-state index in [1.54, 1.807) is 25.5 Å². The highest BCUT2D eigenvalue weighted by Crippen LogP contribution is 2.26. The Morgan fingerprint density at radius 2 is 2.11 bits per heavy atom. The fourth-order valence-electron chi connectivity index (χ4n) is 1.93. The lowest BCUT2D eigenvalue weighted by atomic mass is 9.99. The number of nitrogens with one attached hydrogen (secondary N) is 1. The van der Waals surface area contributed by atoms with Crippen LogP contribution in [0.2, 0.25) is 0 Å².